The van der Waals surface area contributed by atoms with Gasteiger partial charge in [-0.25, -0.2) is 15.0 Å². The number of hydrogen-bond acceptors (Lipinski definition) is 8. The van der Waals surface area contributed by atoms with Crippen molar-refractivity contribution in [1.29, 1.82) is 0 Å². The van der Waals surface area contributed by atoms with E-state index >= 15 is 0 Å². The number of carboxylic acids is 1. The van der Waals surface area contributed by atoms with E-state index in [2.05, 4.69) is 34.7 Å². The maximum atomic E-state index is 11.7. The van der Waals surface area contributed by atoms with Crippen LogP contribution in [0.15, 0.2) is 23.7 Å². The Bertz CT molecular complexity index is 1100. The van der Waals surface area contributed by atoms with Crippen LogP contribution in [0, 0.1) is 0 Å². The molecule has 2 N–H and O–H groups in total. The van der Waals surface area contributed by atoms with Gasteiger partial charge >= 0.3 is 5.97 Å². The maximum Gasteiger partial charge on any atom is 0.304 e. The highest BCUT2D eigenvalue weighted by Gasteiger charge is 2.29. The van der Waals surface area contributed by atoms with Crippen LogP contribution in [0.5, 0.6) is 0 Å². The van der Waals surface area contributed by atoms with Crippen molar-refractivity contribution in [3.05, 3.63) is 55.6 Å². The summed E-state index contributed by atoms with van der Waals surface area (Å²) >= 11 is 3.21. The Morgan fingerprint density at radius 1 is 1.23 bits per heavy atom. The molecule has 1 aliphatic heterocycles. The molecule has 3 aromatic heterocycles. The predicted molar refractivity (Wildman–Crippen MR) is 143 cm³/mol. The molecular weight excluding hydrogens is 504 g/mol. The van der Waals surface area contributed by atoms with Crippen molar-refractivity contribution in [2.45, 2.75) is 70.3 Å². The van der Waals surface area contributed by atoms with E-state index in [4.69, 9.17) is 14.7 Å². The standard InChI is InChI=1S/C25H32N4O3S2.ClH/c1-3-18(19(12-24(30)31)21-13-27-23(34-21)14-32-2)20-15-33-22(29-20)8-4-7-17-10-9-16-6-5-11-26-25(16)28-17;/h9-10,13,15,18-19H,3-8,11-12,14H2,1-2H3,(H,26,28)(H,30,31);1H. The van der Waals surface area contributed by atoms with E-state index in [0.717, 1.165) is 70.7 Å². The number of carbonyl (C=O) groups is 1. The van der Waals surface area contributed by atoms with Crippen molar-refractivity contribution in [3.8, 4) is 0 Å². The van der Waals surface area contributed by atoms with Crippen LogP contribution < -0.4 is 5.32 Å². The van der Waals surface area contributed by atoms with Crippen LogP contribution >= 0.6 is 35.1 Å². The van der Waals surface area contributed by atoms with Crippen LogP contribution in [0.3, 0.4) is 0 Å². The highest BCUT2D eigenvalue weighted by Crippen LogP contribution is 2.40. The smallest absolute Gasteiger partial charge is 0.304 e. The minimum Gasteiger partial charge on any atom is -0.481 e. The van der Waals surface area contributed by atoms with Gasteiger partial charge in [-0.1, -0.05) is 13.0 Å². The maximum absolute atomic E-state index is 11.7. The Morgan fingerprint density at radius 3 is 2.86 bits per heavy atom. The first-order chi connectivity index (χ1) is 16.6. The normalized spacial score (nSPS) is 14.5. The molecule has 0 saturated carbocycles. The molecule has 7 nitrogen and oxygen atoms in total. The molecular formula is C25H33ClN4O3S2. The van der Waals surface area contributed by atoms with Crippen LogP contribution in [0.2, 0.25) is 0 Å². The fraction of sp³-hybridized carbons (Fsp3) is 0.520. The van der Waals surface area contributed by atoms with Crippen LogP contribution in [0.1, 0.15) is 76.3 Å². The molecule has 0 fully saturated rings. The van der Waals surface area contributed by atoms with Gasteiger partial charge in [0, 0.05) is 47.6 Å². The first-order valence-corrected chi connectivity index (χ1v) is 13.6. The average Bonchev–Trinajstić information content (AvgIpc) is 3.49. The fourth-order valence-corrected chi connectivity index (χ4v) is 6.52. The number of rotatable bonds is 12. The zero-order valence-corrected chi connectivity index (χ0v) is 22.6. The Morgan fingerprint density at radius 2 is 2.09 bits per heavy atom. The van der Waals surface area contributed by atoms with E-state index in [1.54, 1.807) is 18.4 Å². The summed E-state index contributed by atoms with van der Waals surface area (Å²) in [5, 5.41) is 17.1. The topological polar surface area (TPSA) is 97.2 Å². The third-order valence-corrected chi connectivity index (χ3v) is 8.28. The molecule has 4 rings (SSSR count). The van der Waals surface area contributed by atoms with Crippen molar-refractivity contribution >= 4 is 46.9 Å². The number of nitrogens with zero attached hydrogens (tertiary/aromatic N) is 3. The molecule has 0 radical (unpaired) electrons. The number of fused-ring (bicyclic) bond motifs is 1. The minimum atomic E-state index is -0.798. The number of methoxy groups -OCH3 is 1. The summed E-state index contributed by atoms with van der Waals surface area (Å²) < 4.78 is 5.19. The number of carboxylic acid groups (broad SMARTS) is 1. The second-order valence-corrected chi connectivity index (χ2v) is 10.8. The number of pyridine rings is 1. The average molecular weight is 537 g/mol. The summed E-state index contributed by atoms with van der Waals surface area (Å²) in [4.78, 5) is 26.8. The molecule has 2 unspecified atom stereocenters. The lowest BCUT2D eigenvalue weighted by molar-refractivity contribution is -0.137. The summed E-state index contributed by atoms with van der Waals surface area (Å²) in [5.41, 5.74) is 3.43. The van der Waals surface area contributed by atoms with E-state index in [-0.39, 0.29) is 30.7 Å². The third-order valence-electron chi connectivity index (χ3n) is 6.25. The molecule has 0 amide bonds. The Labute approximate surface area is 220 Å². The zero-order valence-electron chi connectivity index (χ0n) is 20.2. The van der Waals surface area contributed by atoms with Crippen molar-refractivity contribution < 1.29 is 14.6 Å². The zero-order chi connectivity index (χ0) is 23.9. The second-order valence-electron chi connectivity index (χ2n) is 8.67. The number of aliphatic carboxylic acids is 1. The van der Waals surface area contributed by atoms with Crippen molar-refractivity contribution in [2.75, 3.05) is 19.0 Å². The van der Waals surface area contributed by atoms with Gasteiger partial charge in [-0.3, -0.25) is 4.79 Å². The SMILES string of the molecule is CCC(c1csc(CCCc2ccc3c(n2)NCCC3)n1)C(CC(=O)O)c1cnc(COC)s1.Cl. The van der Waals surface area contributed by atoms with E-state index in [1.165, 1.54) is 23.3 Å². The highest BCUT2D eigenvalue weighted by molar-refractivity contribution is 7.11. The summed E-state index contributed by atoms with van der Waals surface area (Å²) in [5.74, 6) is 0.151. The van der Waals surface area contributed by atoms with E-state index in [0.29, 0.717) is 6.61 Å². The molecule has 2 atom stereocenters. The predicted octanol–water partition coefficient (Wildman–Crippen LogP) is 5.85. The van der Waals surface area contributed by atoms with Crippen molar-refractivity contribution in [2.24, 2.45) is 0 Å². The number of thiazole rings is 2. The molecule has 0 saturated heterocycles. The van der Waals surface area contributed by atoms with Gasteiger partial charge in [-0.15, -0.1) is 35.1 Å². The van der Waals surface area contributed by atoms with E-state index in [1.807, 2.05) is 6.20 Å². The summed E-state index contributed by atoms with van der Waals surface area (Å²) in [6, 6.07) is 4.35. The lowest BCUT2D eigenvalue weighted by Gasteiger charge is -2.22. The van der Waals surface area contributed by atoms with Crippen molar-refractivity contribution in [3.63, 3.8) is 0 Å². The van der Waals surface area contributed by atoms with Gasteiger partial charge in [-0.2, -0.15) is 0 Å². The molecule has 35 heavy (non-hydrogen) atoms. The van der Waals surface area contributed by atoms with Gasteiger partial charge in [0.2, 0.25) is 0 Å². The van der Waals surface area contributed by atoms with E-state index in [9.17, 15) is 9.90 Å². The number of hydrogen-bond donors (Lipinski definition) is 2. The first kappa shape index (κ1) is 27.5. The molecule has 0 aliphatic carbocycles. The van der Waals surface area contributed by atoms with Crippen LogP contribution in [-0.2, 0) is 35.4 Å². The van der Waals surface area contributed by atoms with Gasteiger partial charge < -0.3 is 15.2 Å². The molecule has 1 aliphatic rings. The molecule has 10 heteroatoms. The summed E-state index contributed by atoms with van der Waals surface area (Å²) in [7, 11) is 1.64. The first-order valence-electron chi connectivity index (χ1n) is 11.9. The number of aromatic nitrogens is 3. The van der Waals surface area contributed by atoms with Gasteiger partial charge in [0.05, 0.1) is 23.7 Å². The Balaban J connectivity index is 0.00000342. The third kappa shape index (κ3) is 7.22. The van der Waals surface area contributed by atoms with Gasteiger partial charge in [-0.05, 0) is 50.2 Å². The number of nitrogens with one attached hydrogen (secondary N) is 1. The fourth-order valence-electron chi connectivity index (χ4n) is 4.55. The van der Waals surface area contributed by atoms with Crippen LogP contribution in [0.4, 0.5) is 5.82 Å². The Hall–Kier alpha value is -2.07. The van der Waals surface area contributed by atoms with Gasteiger partial charge in [0.15, 0.2) is 0 Å². The molecule has 4 heterocycles. The molecule has 0 bridgehead atoms. The lowest BCUT2D eigenvalue weighted by Crippen LogP contribution is -2.14. The monoisotopic (exact) mass is 536 g/mol. The van der Waals surface area contributed by atoms with Crippen molar-refractivity contribution in [1.82, 2.24) is 15.0 Å². The summed E-state index contributed by atoms with van der Waals surface area (Å²) in [6.45, 7) is 3.55. The number of ether oxygens (including phenoxy) is 1. The largest absolute Gasteiger partial charge is 0.481 e. The molecule has 190 valence electrons. The van der Waals surface area contributed by atoms with Gasteiger partial charge in [0.25, 0.3) is 0 Å². The Kier molecular flexibility index (Phi) is 10.5. The summed E-state index contributed by atoms with van der Waals surface area (Å²) in [6.07, 6.45) is 7.79. The van der Waals surface area contributed by atoms with E-state index < -0.39 is 5.97 Å². The molecule has 3 aromatic rings. The van der Waals surface area contributed by atoms with Crippen LogP contribution in [0.25, 0.3) is 0 Å². The number of aryl methyl sites for hydroxylation is 3. The van der Waals surface area contributed by atoms with Crippen LogP contribution in [-0.4, -0.2) is 39.7 Å². The molecule has 0 spiro atoms. The quantitative estimate of drug-likeness (QED) is 0.299. The lowest BCUT2D eigenvalue weighted by atomic mass is 9.84. The molecule has 0 aromatic carbocycles. The second kappa shape index (κ2) is 13.3. The number of anilines is 1. The van der Waals surface area contributed by atoms with Gasteiger partial charge in [0.1, 0.15) is 10.8 Å². The minimum absolute atomic E-state index is 0. The number of halogens is 1. The highest BCUT2D eigenvalue weighted by atomic mass is 35.5.